The fraction of sp³-hybridized carbons (Fsp3) is 0.143. The maximum Gasteiger partial charge on any atom is 0.143 e. The van der Waals surface area contributed by atoms with Gasteiger partial charge in [0.15, 0.2) is 0 Å². The molecule has 130 valence electrons. The molecule has 26 heavy (non-hydrogen) atoms. The molecule has 0 fully saturated rings. The smallest absolute Gasteiger partial charge is 0.143 e. The molecule has 0 aliphatic heterocycles. The second-order valence-electron chi connectivity index (χ2n) is 6.16. The quantitative estimate of drug-likeness (QED) is 0.395. The highest BCUT2D eigenvalue weighted by Crippen LogP contribution is 2.42. The summed E-state index contributed by atoms with van der Waals surface area (Å²) in [6.45, 7) is 4.28. The highest BCUT2D eigenvalue weighted by molar-refractivity contribution is 9.10. The zero-order valence-corrected chi connectivity index (χ0v) is 17.0. The van der Waals surface area contributed by atoms with Crippen LogP contribution in [0.1, 0.15) is 17.4 Å². The Morgan fingerprint density at radius 1 is 1.08 bits per heavy atom. The van der Waals surface area contributed by atoms with Crippen LogP contribution in [-0.4, -0.2) is 9.97 Å². The normalized spacial score (nSPS) is 11.0. The number of aryl methyl sites for hydroxylation is 2. The summed E-state index contributed by atoms with van der Waals surface area (Å²) < 4.78 is 1.08. The van der Waals surface area contributed by atoms with Gasteiger partial charge >= 0.3 is 0 Å². The molecule has 2 aromatic carbocycles. The largest absolute Gasteiger partial charge is 0.340 e. The third-order valence-electron chi connectivity index (χ3n) is 4.30. The zero-order valence-electron chi connectivity index (χ0n) is 14.6. The maximum absolute atomic E-state index is 4.56. The first kappa shape index (κ1) is 17.2. The van der Waals surface area contributed by atoms with E-state index < -0.39 is 0 Å². The van der Waals surface area contributed by atoms with Crippen LogP contribution in [0.5, 0.6) is 0 Å². The van der Waals surface area contributed by atoms with Crippen LogP contribution in [0.25, 0.3) is 21.3 Å². The van der Waals surface area contributed by atoms with Crippen LogP contribution in [0.3, 0.4) is 0 Å². The molecule has 0 radical (unpaired) electrons. The van der Waals surface area contributed by atoms with Crippen molar-refractivity contribution in [2.45, 2.75) is 20.3 Å². The van der Waals surface area contributed by atoms with E-state index >= 15 is 0 Å². The molecular weight excluding hydrogens is 406 g/mol. The molecule has 0 aliphatic rings. The number of nitrogens with one attached hydrogen (secondary N) is 1. The number of rotatable bonds is 4. The predicted molar refractivity (Wildman–Crippen MR) is 114 cm³/mol. The van der Waals surface area contributed by atoms with E-state index in [9.17, 15) is 0 Å². The summed E-state index contributed by atoms with van der Waals surface area (Å²) in [4.78, 5) is 11.4. The lowest BCUT2D eigenvalue weighted by Crippen LogP contribution is -1.96. The second kappa shape index (κ2) is 7.17. The van der Waals surface area contributed by atoms with E-state index in [1.165, 1.54) is 21.6 Å². The van der Waals surface area contributed by atoms with Crippen molar-refractivity contribution in [2.24, 2.45) is 0 Å². The first-order chi connectivity index (χ1) is 12.7. The molecule has 0 atom stereocenters. The van der Waals surface area contributed by atoms with Crippen LogP contribution in [0, 0.1) is 6.92 Å². The first-order valence-corrected chi connectivity index (χ1v) is 10.1. The van der Waals surface area contributed by atoms with Crippen LogP contribution in [0.2, 0.25) is 0 Å². The zero-order chi connectivity index (χ0) is 18.1. The summed E-state index contributed by atoms with van der Waals surface area (Å²) in [6, 6.07) is 16.8. The number of nitrogens with zero attached hydrogens (tertiary/aromatic N) is 2. The number of hydrogen-bond acceptors (Lipinski definition) is 4. The summed E-state index contributed by atoms with van der Waals surface area (Å²) >= 11 is 5.27. The van der Waals surface area contributed by atoms with Crippen molar-refractivity contribution in [2.75, 3.05) is 5.32 Å². The Kier molecular flexibility index (Phi) is 4.74. The molecule has 0 unspecified atom stereocenters. The Bertz CT molecular complexity index is 1070. The minimum Gasteiger partial charge on any atom is -0.340 e. The Morgan fingerprint density at radius 3 is 2.62 bits per heavy atom. The monoisotopic (exact) mass is 423 g/mol. The van der Waals surface area contributed by atoms with E-state index in [4.69, 9.17) is 0 Å². The Labute approximate surface area is 165 Å². The second-order valence-corrected chi connectivity index (χ2v) is 8.16. The first-order valence-electron chi connectivity index (χ1n) is 8.51. The molecule has 4 rings (SSSR count). The predicted octanol–water partition coefficient (Wildman–Crippen LogP) is 6.74. The molecule has 2 heterocycles. The van der Waals surface area contributed by atoms with Crippen molar-refractivity contribution in [1.82, 2.24) is 9.97 Å². The third-order valence-corrected chi connectivity index (χ3v) is 6.07. The van der Waals surface area contributed by atoms with Gasteiger partial charge in [0, 0.05) is 20.6 Å². The molecule has 0 saturated heterocycles. The number of benzene rings is 2. The van der Waals surface area contributed by atoms with Crippen molar-refractivity contribution >= 4 is 49.0 Å². The summed E-state index contributed by atoms with van der Waals surface area (Å²) in [5.41, 5.74) is 4.68. The van der Waals surface area contributed by atoms with Crippen LogP contribution >= 0.6 is 27.3 Å². The van der Waals surface area contributed by atoms with Gasteiger partial charge in [0.25, 0.3) is 0 Å². The Hall–Kier alpha value is -2.24. The lowest BCUT2D eigenvalue weighted by atomic mass is 10.0. The molecule has 0 bridgehead atoms. The van der Waals surface area contributed by atoms with Gasteiger partial charge in [-0.3, -0.25) is 0 Å². The standard InChI is InChI=1S/C21H18BrN3S/c1-3-17-18(14-7-9-15(22)10-8-14)19-20(23-12-24-21(19)26-17)25-16-6-4-5-13(2)11-16/h4-12H,3H2,1-2H3,(H,23,24,25). The molecule has 2 aromatic heterocycles. The lowest BCUT2D eigenvalue weighted by molar-refractivity contribution is 1.19. The number of anilines is 2. The molecular formula is C21H18BrN3S. The Morgan fingerprint density at radius 2 is 1.88 bits per heavy atom. The number of fused-ring (bicyclic) bond motifs is 1. The van der Waals surface area contributed by atoms with E-state index in [1.54, 1.807) is 17.7 Å². The number of hydrogen-bond donors (Lipinski definition) is 1. The van der Waals surface area contributed by atoms with E-state index in [2.05, 4.69) is 93.6 Å². The average molecular weight is 424 g/mol. The summed E-state index contributed by atoms with van der Waals surface area (Å²) in [5.74, 6) is 0.856. The highest BCUT2D eigenvalue weighted by Gasteiger charge is 2.18. The van der Waals surface area contributed by atoms with Crippen molar-refractivity contribution in [3.63, 3.8) is 0 Å². The topological polar surface area (TPSA) is 37.8 Å². The molecule has 3 nitrogen and oxygen atoms in total. The minimum atomic E-state index is 0.856. The van der Waals surface area contributed by atoms with Gasteiger partial charge in [0.2, 0.25) is 0 Å². The van der Waals surface area contributed by atoms with Gasteiger partial charge in [-0.25, -0.2) is 9.97 Å². The van der Waals surface area contributed by atoms with Crippen LogP contribution in [0.4, 0.5) is 11.5 Å². The maximum atomic E-state index is 4.56. The van der Waals surface area contributed by atoms with Crippen molar-refractivity contribution < 1.29 is 0 Å². The fourth-order valence-corrected chi connectivity index (χ4v) is 4.47. The molecule has 0 amide bonds. The number of thiophene rings is 1. The van der Waals surface area contributed by atoms with Crippen LogP contribution in [0.15, 0.2) is 59.3 Å². The van der Waals surface area contributed by atoms with Crippen molar-refractivity contribution in [1.29, 1.82) is 0 Å². The molecule has 0 spiro atoms. The van der Waals surface area contributed by atoms with Crippen molar-refractivity contribution in [3.05, 3.63) is 69.8 Å². The molecule has 0 aliphatic carbocycles. The lowest BCUT2D eigenvalue weighted by Gasteiger charge is -2.10. The van der Waals surface area contributed by atoms with Gasteiger partial charge < -0.3 is 5.32 Å². The highest BCUT2D eigenvalue weighted by atomic mass is 79.9. The van der Waals surface area contributed by atoms with Gasteiger partial charge in [-0.15, -0.1) is 11.3 Å². The molecule has 0 saturated carbocycles. The fourth-order valence-electron chi connectivity index (χ4n) is 3.10. The van der Waals surface area contributed by atoms with E-state index in [0.29, 0.717) is 0 Å². The van der Waals surface area contributed by atoms with Gasteiger partial charge in [-0.1, -0.05) is 47.1 Å². The van der Waals surface area contributed by atoms with E-state index in [-0.39, 0.29) is 0 Å². The SMILES string of the molecule is CCc1sc2ncnc(Nc3cccc(C)c3)c2c1-c1ccc(Br)cc1. The Balaban J connectivity index is 1.91. The van der Waals surface area contributed by atoms with Crippen molar-refractivity contribution in [3.8, 4) is 11.1 Å². The molecule has 5 heteroatoms. The van der Waals surface area contributed by atoms with Gasteiger partial charge in [-0.2, -0.15) is 0 Å². The summed E-state index contributed by atoms with van der Waals surface area (Å²) in [7, 11) is 0. The van der Waals surface area contributed by atoms with Crippen LogP contribution in [-0.2, 0) is 6.42 Å². The van der Waals surface area contributed by atoms with Crippen LogP contribution < -0.4 is 5.32 Å². The summed E-state index contributed by atoms with van der Waals surface area (Å²) in [6.07, 6.45) is 2.61. The number of halogens is 1. The van der Waals surface area contributed by atoms with Gasteiger partial charge in [-0.05, 0) is 48.7 Å². The van der Waals surface area contributed by atoms with Gasteiger partial charge in [0.1, 0.15) is 17.0 Å². The average Bonchev–Trinajstić information content (AvgIpc) is 3.02. The number of aromatic nitrogens is 2. The van der Waals surface area contributed by atoms with Gasteiger partial charge in [0.05, 0.1) is 5.39 Å². The van der Waals surface area contributed by atoms with E-state index in [0.717, 1.165) is 32.6 Å². The molecule has 1 N–H and O–H groups in total. The molecule has 4 aromatic rings. The van der Waals surface area contributed by atoms with E-state index in [1.807, 2.05) is 0 Å². The third kappa shape index (κ3) is 3.24. The minimum absolute atomic E-state index is 0.856. The summed E-state index contributed by atoms with van der Waals surface area (Å²) in [5, 5.41) is 4.59.